The number of ether oxygens (including phenoxy) is 1. The molecular formula is C8H4F3NO4. The molecule has 0 heterocycles. The molecule has 0 aliphatic carbocycles. The number of nitro benzene ring substituents is 1. The molecule has 0 spiro atoms. The van der Waals surface area contributed by atoms with E-state index in [9.17, 15) is 28.1 Å². The second kappa shape index (κ2) is 4.17. The number of alkyl halides is 3. The summed E-state index contributed by atoms with van der Waals surface area (Å²) in [4.78, 5) is 19.8. The summed E-state index contributed by atoms with van der Waals surface area (Å²) in [6.45, 7) is 0. The van der Waals surface area contributed by atoms with Crippen LogP contribution in [0.1, 0.15) is 10.4 Å². The van der Waals surface area contributed by atoms with E-state index in [1.54, 1.807) is 0 Å². The lowest BCUT2D eigenvalue weighted by Gasteiger charge is -2.08. The van der Waals surface area contributed by atoms with Gasteiger partial charge >= 0.3 is 6.36 Å². The van der Waals surface area contributed by atoms with Crippen molar-refractivity contribution in [2.24, 2.45) is 0 Å². The van der Waals surface area contributed by atoms with Crippen LogP contribution in [-0.2, 0) is 0 Å². The standard InChI is InChI=1S/C8H4F3NO4/c9-8(10,11)16-6-2-1-5(4-13)7(3-6)12(14)15/h1-4H. The van der Waals surface area contributed by atoms with Crippen molar-refractivity contribution >= 4 is 12.0 Å². The third-order valence-corrected chi connectivity index (χ3v) is 1.56. The molecule has 1 aromatic rings. The minimum absolute atomic E-state index is 0.176. The number of aldehydes is 1. The molecule has 0 unspecified atom stereocenters. The highest BCUT2D eigenvalue weighted by atomic mass is 19.4. The lowest BCUT2D eigenvalue weighted by atomic mass is 10.2. The molecule has 0 N–H and O–H groups in total. The lowest BCUT2D eigenvalue weighted by Crippen LogP contribution is -2.17. The number of nitro groups is 1. The Kier molecular flexibility index (Phi) is 3.11. The Morgan fingerprint density at radius 3 is 2.44 bits per heavy atom. The maximum absolute atomic E-state index is 11.8. The predicted octanol–water partition coefficient (Wildman–Crippen LogP) is 2.31. The fourth-order valence-corrected chi connectivity index (χ4v) is 0.978. The highest BCUT2D eigenvalue weighted by Crippen LogP contribution is 2.28. The highest BCUT2D eigenvalue weighted by molar-refractivity contribution is 5.81. The first-order valence-electron chi connectivity index (χ1n) is 3.83. The van der Waals surface area contributed by atoms with Gasteiger partial charge in [-0.05, 0) is 12.1 Å². The molecule has 86 valence electrons. The number of hydrogen-bond donors (Lipinski definition) is 0. The van der Waals surface area contributed by atoms with Crippen LogP contribution in [0.5, 0.6) is 5.75 Å². The van der Waals surface area contributed by atoms with Gasteiger partial charge in [-0.2, -0.15) is 0 Å². The minimum atomic E-state index is -4.93. The van der Waals surface area contributed by atoms with Gasteiger partial charge in [-0.15, -0.1) is 13.2 Å². The van der Waals surface area contributed by atoms with Crippen molar-refractivity contribution < 1.29 is 27.6 Å². The van der Waals surface area contributed by atoms with Gasteiger partial charge in [0.05, 0.1) is 16.6 Å². The Balaban J connectivity index is 3.12. The summed E-state index contributed by atoms with van der Waals surface area (Å²) in [7, 11) is 0. The Morgan fingerprint density at radius 1 is 1.38 bits per heavy atom. The van der Waals surface area contributed by atoms with Crippen LogP contribution >= 0.6 is 0 Å². The van der Waals surface area contributed by atoms with E-state index in [0.717, 1.165) is 12.1 Å². The minimum Gasteiger partial charge on any atom is -0.406 e. The largest absolute Gasteiger partial charge is 0.573 e. The first-order valence-corrected chi connectivity index (χ1v) is 3.83. The second-order valence-electron chi connectivity index (χ2n) is 2.64. The normalized spacial score (nSPS) is 10.9. The van der Waals surface area contributed by atoms with E-state index in [1.807, 2.05) is 0 Å². The van der Waals surface area contributed by atoms with Gasteiger partial charge in [0, 0.05) is 0 Å². The number of carbonyl (C=O) groups is 1. The van der Waals surface area contributed by atoms with Crippen molar-refractivity contribution in [2.45, 2.75) is 6.36 Å². The van der Waals surface area contributed by atoms with Crippen molar-refractivity contribution in [3.63, 3.8) is 0 Å². The van der Waals surface area contributed by atoms with E-state index in [2.05, 4.69) is 4.74 Å². The summed E-state index contributed by atoms with van der Waals surface area (Å²) in [6.07, 6.45) is -4.76. The predicted molar refractivity (Wildman–Crippen MR) is 45.2 cm³/mol. The van der Waals surface area contributed by atoms with Crippen molar-refractivity contribution in [1.82, 2.24) is 0 Å². The van der Waals surface area contributed by atoms with Gasteiger partial charge in [-0.3, -0.25) is 14.9 Å². The molecule has 0 fully saturated rings. The van der Waals surface area contributed by atoms with Crippen LogP contribution in [0, 0.1) is 10.1 Å². The molecule has 0 aromatic heterocycles. The van der Waals surface area contributed by atoms with E-state index in [-0.39, 0.29) is 11.8 Å². The highest BCUT2D eigenvalue weighted by Gasteiger charge is 2.32. The van der Waals surface area contributed by atoms with Gasteiger partial charge in [0.25, 0.3) is 5.69 Å². The molecule has 0 radical (unpaired) electrons. The van der Waals surface area contributed by atoms with Crippen molar-refractivity contribution in [3.8, 4) is 5.75 Å². The van der Waals surface area contributed by atoms with E-state index in [0.29, 0.717) is 6.07 Å². The molecule has 1 rings (SSSR count). The summed E-state index contributed by atoms with van der Waals surface area (Å²) in [5.41, 5.74) is -1.06. The summed E-state index contributed by atoms with van der Waals surface area (Å²) < 4.78 is 38.9. The lowest BCUT2D eigenvalue weighted by molar-refractivity contribution is -0.385. The molecule has 0 atom stereocenters. The fraction of sp³-hybridized carbons (Fsp3) is 0.125. The van der Waals surface area contributed by atoms with Gasteiger partial charge in [0.1, 0.15) is 5.75 Å². The summed E-state index contributed by atoms with van der Waals surface area (Å²) in [5.74, 6) is -0.746. The van der Waals surface area contributed by atoms with Crippen molar-refractivity contribution in [2.75, 3.05) is 0 Å². The van der Waals surface area contributed by atoms with Crippen LogP contribution in [0.2, 0.25) is 0 Å². The smallest absolute Gasteiger partial charge is 0.406 e. The maximum atomic E-state index is 11.8. The summed E-state index contributed by atoms with van der Waals surface area (Å²) >= 11 is 0. The first-order chi connectivity index (χ1) is 7.33. The van der Waals surface area contributed by atoms with Gasteiger partial charge in [-0.1, -0.05) is 0 Å². The third kappa shape index (κ3) is 2.94. The molecule has 16 heavy (non-hydrogen) atoms. The number of benzene rings is 1. The van der Waals surface area contributed by atoms with Crippen LogP contribution in [0.15, 0.2) is 18.2 Å². The average molecular weight is 235 g/mol. The quantitative estimate of drug-likeness (QED) is 0.458. The number of carbonyl (C=O) groups excluding carboxylic acids is 1. The Bertz CT molecular complexity index is 430. The molecule has 0 amide bonds. The molecule has 1 aromatic carbocycles. The first kappa shape index (κ1) is 12.0. The van der Waals surface area contributed by atoms with E-state index in [4.69, 9.17) is 0 Å². The molecule has 0 aliphatic heterocycles. The fourth-order valence-electron chi connectivity index (χ4n) is 0.978. The van der Waals surface area contributed by atoms with E-state index in [1.165, 1.54) is 0 Å². The number of halogens is 3. The molecule has 5 nitrogen and oxygen atoms in total. The number of nitrogens with zero attached hydrogens (tertiary/aromatic N) is 1. The molecule has 0 bridgehead atoms. The second-order valence-corrected chi connectivity index (χ2v) is 2.64. The maximum Gasteiger partial charge on any atom is 0.573 e. The SMILES string of the molecule is O=Cc1ccc(OC(F)(F)F)cc1[N+](=O)[O-]. The molecule has 0 saturated carbocycles. The van der Waals surface area contributed by atoms with Gasteiger partial charge in [-0.25, -0.2) is 0 Å². The van der Waals surface area contributed by atoms with Crippen molar-refractivity contribution in [1.29, 1.82) is 0 Å². The molecule has 0 aliphatic rings. The van der Waals surface area contributed by atoms with Gasteiger partial charge in [0.15, 0.2) is 6.29 Å². The summed E-state index contributed by atoms with van der Waals surface area (Å²) in [5, 5.41) is 10.4. The zero-order valence-electron chi connectivity index (χ0n) is 7.52. The Labute approximate surface area is 86.6 Å². The zero-order chi connectivity index (χ0) is 12.3. The van der Waals surface area contributed by atoms with Crippen LogP contribution in [0.4, 0.5) is 18.9 Å². The average Bonchev–Trinajstić information content (AvgIpc) is 2.15. The zero-order valence-corrected chi connectivity index (χ0v) is 7.52. The van der Waals surface area contributed by atoms with Crippen LogP contribution in [0.25, 0.3) is 0 Å². The Morgan fingerprint density at radius 2 is 2.00 bits per heavy atom. The topological polar surface area (TPSA) is 69.4 Å². The summed E-state index contributed by atoms with van der Waals surface area (Å²) in [6, 6.07) is 2.24. The molecule has 0 saturated heterocycles. The van der Waals surface area contributed by atoms with Gasteiger partial charge < -0.3 is 4.74 Å². The van der Waals surface area contributed by atoms with Crippen molar-refractivity contribution in [3.05, 3.63) is 33.9 Å². The van der Waals surface area contributed by atoms with E-state index < -0.39 is 22.7 Å². The van der Waals surface area contributed by atoms with Crippen LogP contribution in [-0.4, -0.2) is 17.6 Å². The van der Waals surface area contributed by atoms with Crippen LogP contribution < -0.4 is 4.74 Å². The monoisotopic (exact) mass is 235 g/mol. The van der Waals surface area contributed by atoms with E-state index >= 15 is 0 Å². The van der Waals surface area contributed by atoms with Crippen LogP contribution in [0.3, 0.4) is 0 Å². The molecule has 8 heteroatoms. The molecular weight excluding hydrogens is 231 g/mol. The number of hydrogen-bond acceptors (Lipinski definition) is 4. The number of rotatable bonds is 3. The Hall–Kier alpha value is -2.12. The third-order valence-electron chi connectivity index (χ3n) is 1.56. The van der Waals surface area contributed by atoms with Gasteiger partial charge in [0.2, 0.25) is 0 Å².